The minimum absolute atomic E-state index is 0.169. The van der Waals surface area contributed by atoms with Crippen LogP contribution in [-0.4, -0.2) is 12.4 Å². The Morgan fingerprint density at radius 2 is 1.61 bits per heavy atom. The predicted octanol–water partition coefficient (Wildman–Crippen LogP) is 3.89. The summed E-state index contributed by atoms with van der Waals surface area (Å²) in [5.74, 6) is -0.0653. The number of ether oxygens (including phenoxy) is 2. The van der Waals surface area contributed by atoms with Gasteiger partial charge in [0.05, 0.1) is 5.69 Å². The number of amidine groups is 1. The first kappa shape index (κ1) is 16.2. The van der Waals surface area contributed by atoms with Gasteiger partial charge < -0.3 is 9.47 Å². The molecule has 23 heavy (non-hydrogen) atoms. The largest absolute Gasteiger partial charge is 0.573 e. The molecule has 0 atom stereocenters. The highest BCUT2D eigenvalue weighted by Crippen LogP contribution is 2.25. The molecule has 0 heterocycles. The Morgan fingerprint density at radius 3 is 2.13 bits per heavy atom. The zero-order valence-corrected chi connectivity index (χ0v) is 11.5. The monoisotopic (exact) mass is 321 g/mol. The molecule has 0 spiro atoms. The second-order valence-corrected chi connectivity index (χ2v) is 4.20. The van der Waals surface area contributed by atoms with Crippen molar-refractivity contribution in [3.05, 3.63) is 54.6 Å². The van der Waals surface area contributed by atoms with Gasteiger partial charge in [-0.1, -0.05) is 18.2 Å². The first-order valence-electron chi connectivity index (χ1n) is 6.26. The Kier molecular flexibility index (Phi) is 4.71. The number of alkyl halides is 3. The van der Waals surface area contributed by atoms with Crippen molar-refractivity contribution < 1.29 is 22.6 Å². The number of rotatable bonds is 3. The van der Waals surface area contributed by atoms with Crippen molar-refractivity contribution in [2.24, 2.45) is 0 Å². The maximum atomic E-state index is 12.1. The maximum absolute atomic E-state index is 12.1. The second kappa shape index (κ2) is 6.70. The zero-order chi connectivity index (χ0) is 16.9. The summed E-state index contributed by atoms with van der Waals surface area (Å²) in [6.45, 7) is 0. The van der Waals surface area contributed by atoms with Crippen LogP contribution in [0.25, 0.3) is 0 Å². The zero-order valence-electron chi connectivity index (χ0n) is 11.5. The van der Waals surface area contributed by atoms with E-state index < -0.39 is 18.1 Å². The number of para-hydroxylation sites is 1. The van der Waals surface area contributed by atoms with Crippen LogP contribution in [0.3, 0.4) is 0 Å². The molecule has 0 saturated heterocycles. The minimum atomic E-state index is -4.79. The molecule has 0 aliphatic carbocycles. The third-order valence-corrected chi connectivity index (χ3v) is 2.59. The highest BCUT2D eigenvalue weighted by Gasteiger charge is 2.31. The number of nitrogens with one attached hydrogen (secondary N) is 1. The Morgan fingerprint density at radius 1 is 1.00 bits per heavy atom. The number of halogens is 3. The number of benzene rings is 2. The highest BCUT2D eigenvalue weighted by molar-refractivity contribution is 5.93. The molecule has 0 aromatic heterocycles. The number of hydrogen-bond donors (Lipinski definition) is 1. The molecule has 0 unspecified atom stereocenters. The minimum Gasteiger partial charge on any atom is -0.425 e. The topological polar surface area (TPSA) is 69.3 Å². The molecule has 0 bridgehead atoms. The fraction of sp³-hybridized carbons (Fsp3) is 0.0667. The van der Waals surface area contributed by atoms with Crippen molar-refractivity contribution in [2.45, 2.75) is 6.36 Å². The molecule has 2 rings (SSSR count). The Labute approximate surface area is 129 Å². The van der Waals surface area contributed by atoms with E-state index in [1.54, 1.807) is 36.5 Å². The smallest absolute Gasteiger partial charge is 0.425 e. The summed E-state index contributed by atoms with van der Waals surface area (Å²) in [5.41, 5.74) is 0.169. The molecule has 0 radical (unpaired) electrons. The van der Waals surface area contributed by atoms with E-state index in [1.807, 2.05) is 0 Å². The number of nitriles is 1. The van der Waals surface area contributed by atoms with Crippen LogP contribution in [0.2, 0.25) is 0 Å². The van der Waals surface area contributed by atoms with Crippen LogP contribution in [0.1, 0.15) is 0 Å². The molecule has 2 aromatic carbocycles. The lowest BCUT2D eigenvalue weighted by Crippen LogP contribution is -2.29. The van der Waals surface area contributed by atoms with Crippen LogP contribution in [0.15, 0.2) is 54.6 Å². The average molecular weight is 321 g/mol. The van der Waals surface area contributed by atoms with Crippen molar-refractivity contribution in [3.63, 3.8) is 0 Å². The molecular formula is C15H10F3N3O2. The first-order chi connectivity index (χ1) is 10.9. The van der Waals surface area contributed by atoms with E-state index in [4.69, 9.17) is 15.4 Å². The molecule has 2 aromatic rings. The van der Waals surface area contributed by atoms with Crippen molar-refractivity contribution in [3.8, 4) is 17.7 Å². The summed E-state index contributed by atoms with van der Waals surface area (Å²) in [4.78, 5) is 0.824. The normalized spacial score (nSPS) is 10.5. The lowest BCUT2D eigenvalue weighted by molar-refractivity contribution is -0.274. The lowest BCUT2D eigenvalue weighted by atomic mass is 10.3. The Bertz CT molecular complexity index is 709. The molecule has 0 saturated carbocycles. The van der Waals surface area contributed by atoms with Gasteiger partial charge in [0.1, 0.15) is 11.5 Å². The molecule has 0 fully saturated rings. The average Bonchev–Trinajstić information content (AvgIpc) is 2.49. The highest BCUT2D eigenvalue weighted by atomic mass is 19.4. The van der Waals surface area contributed by atoms with Gasteiger partial charge in [0, 0.05) is 0 Å². The summed E-state index contributed by atoms with van der Waals surface area (Å²) in [6.07, 6.45) is -3.07. The summed E-state index contributed by atoms with van der Waals surface area (Å²) >= 11 is 0. The van der Waals surface area contributed by atoms with Gasteiger partial charge in [-0.3, -0.25) is 0 Å². The predicted molar refractivity (Wildman–Crippen MR) is 76.0 cm³/mol. The van der Waals surface area contributed by atoms with Crippen LogP contribution < -0.4 is 14.4 Å². The van der Waals surface area contributed by atoms with Crippen molar-refractivity contribution in [1.29, 1.82) is 10.7 Å². The number of hydrogen-bond acceptors (Lipinski definition) is 4. The molecule has 8 heteroatoms. The van der Waals surface area contributed by atoms with Gasteiger partial charge in [-0.15, -0.1) is 13.2 Å². The summed E-state index contributed by atoms with van der Waals surface area (Å²) in [7, 11) is 0. The van der Waals surface area contributed by atoms with Crippen LogP contribution in [-0.2, 0) is 0 Å². The van der Waals surface area contributed by atoms with E-state index in [0.717, 1.165) is 17.0 Å². The molecule has 0 aliphatic rings. The van der Waals surface area contributed by atoms with Crippen LogP contribution in [0.4, 0.5) is 18.9 Å². The van der Waals surface area contributed by atoms with Crippen LogP contribution >= 0.6 is 0 Å². The van der Waals surface area contributed by atoms with E-state index in [0.29, 0.717) is 5.75 Å². The second-order valence-electron chi connectivity index (χ2n) is 4.20. The van der Waals surface area contributed by atoms with E-state index in [2.05, 4.69) is 4.74 Å². The van der Waals surface area contributed by atoms with Crippen LogP contribution in [0.5, 0.6) is 11.5 Å². The summed E-state index contributed by atoms with van der Waals surface area (Å²) in [6, 6.07) is 12.4. The van der Waals surface area contributed by atoms with Gasteiger partial charge in [0.2, 0.25) is 0 Å². The molecule has 5 nitrogen and oxygen atoms in total. The first-order valence-corrected chi connectivity index (χ1v) is 6.26. The maximum Gasteiger partial charge on any atom is 0.573 e. The van der Waals surface area contributed by atoms with E-state index in [-0.39, 0.29) is 5.69 Å². The lowest BCUT2D eigenvalue weighted by Gasteiger charge is -2.17. The van der Waals surface area contributed by atoms with Gasteiger partial charge in [-0.2, -0.15) is 10.2 Å². The van der Waals surface area contributed by atoms with Gasteiger partial charge in [-0.25, -0.2) is 5.41 Å². The van der Waals surface area contributed by atoms with E-state index in [9.17, 15) is 13.2 Å². The van der Waals surface area contributed by atoms with E-state index in [1.165, 1.54) is 12.1 Å². The third-order valence-electron chi connectivity index (χ3n) is 2.59. The standard InChI is InChI=1S/C15H10F3N3O2/c16-15(17,18)23-13-8-6-11(7-9-13)21(10-19)14(20)22-12-4-2-1-3-5-12/h1-9,20H. The molecule has 1 N–H and O–H groups in total. The molecule has 118 valence electrons. The van der Waals surface area contributed by atoms with Gasteiger partial charge in [0.15, 0.2) is 6.19 Å². The van der Waals surface area contributed by atoms with Gasteiger partial charge in [-0.05, 0) is 36.4 Å². The number of anilines is 1. The molecule has 0 amide bonds. The molecule has 0 aliphatic heterocycles. The van der Waals surface area contributed by atoms with E-state index >= 15 is 0 Å². The molecular weight excluding hydrogens is 311 g/mol. The van der Waals surface area contributed by atoms with Gasteiger partial charge >= 0.3 is 12.4 Å². The van der Waals surface area contributed by atoms with Crippen molar-refractivity contribution >= 4 is 11.7 Å². The van der Waals surface area contributed by atoms with Crippen molar-refractivity contribution in [1.82, 2.24) is 0 Å². The quantitative estimate of drug-likeness (QED) is 0.403. The summed E-state index contributed by atoms with van der Waals surface area (Å²) < 4.78 is 45.2. The Hall–Kier alpha value is -3.21. The fourth-order valence-corrected chi connectivity index (χ4v) is 1.66. The fourth-order valence-electron chi connectivity index (χ4n) is 1.66. The Balaban J connectivity index is 2.11. The number of nitrogens with zero attached hydrogens (tertiary/aromatic N) is 2. The summed E-state index contributed by atoms with van der Waals surface area (Å²) in [5, 5.41) is 16.9. The van der Waals surface area contributed by atoms with Gasteiger partial charge in [0.25, 0.3) is 0 Å². The SMILES string of the molecule is N#CN(C(=N)Oc1ccccc1)c1ccc(OC(F)(F)F)cc1. The van der Waals surface area contributed by atoms with Crippen molar-refractivity contribution in [2.75, 3.05) is 4.90 Å². The third kappa shape index (κ3) is 4.64. The van der Waals surface area contributed by atoms with Crippen LogP contribution in [0, 0.1) is 16.9 Å².